The van der Waals surface area contributed by atoms with Crippen molar-refractivity contribution in [3.05, 3.63) is 29.8 Å². The number of carbonyl (C=O) groups is 6. The minimum atomic E-state index is -0.779. The molecular weight excluding hydrogens is 781 g/mol. The fourth-order valence-corrected chi connectivity index (χ4v) is 8.37. The van der Waals surface area contributed by atoms with Crippen LogP contribution in [0.1, 0.15) is 93.6 Å². The Hall–Kier alpha value is -4.12. The Morgan fingerprint density at radius 3 is 2.07 bits per heavy atom. The van der Waals surface area contributed by atoms with Crippen molar-refractivity contribution in [1.29, 1.82) is 0 Å². The van der Waals surface area contributed by atoms with Crippen molar-refractivity contribution in [1.82, 2.24) is 30.7 Å². The number of amides is 6. The smallest absolute Gasteiger partial charge is 0.246 e. The van der Waals surface area contributed by atoms with Crippen molar-refractivity contribution in [3.63, 3.8) is 0 Å². The van der Waals surface area contributed by atoms with Crippen molar-refractivity contribution < 1.29 is 38.2 Å². The summed E-state index contributed by atoms with van der Waals surface area (Å²) in [6.45, 7) is 17.6. The molecule has 2 rings (SSSR count). The fraction of sp³-hybridized carbons (Fsp3) is 0.733. The van der Waals surface area contributed by atoms with E-state index in [1.165, 1.54) is 0 Å². The number of carbonyl (C=O) groups excluding carboxylic acids is 6. The SMILES string of the molecule is CC[C@H](C)[C@@H]([C@@H](CC(=O)N1CCC[C@H]1[C@H](OC)[C@@H](C)C(=O)NCCc1cccc(NC(=O)[C@H](C)NC(=O)[C@H](C)N)c1)OC)N(C)C(=O)[C@@H](NC(=O)[C@H](C(C)C)N(C)C)C(C)C. The quantitative estimate of drug-likeness (QED) is 0.103. The second-order valence-electron chi connectivity index (χ2n) is 17.7. The minimum Gasteiger partial charge on any atom is -0.379 e. The van der Waals surface area contributed by atoms with Crippen LogP contribution in [-0.4, -0.2) is 147 Å². The van der Waals surface area contributed by atoms with E-state index >= 15 is 0 Å². The van der Waals surface area contributed by atoms with Gasteiger partial charge < -0.3 is 46.3 Å². The summed E-state index contributed by atoms with van der Waals surface area (Å²) >= 11 is 0. The highest BCUT2D eigenvalue weighted by Gasteiger charge is 2.43. The van der Waals surface area contributed by atoms with Crippen LogP contribution in [-0.2, 0) is 44.7 Å². The highest BCUT2D eigenvalue weighted by molar-refractivity contribution is 5.97. The van der Waals surface area contributed by atoms with E-state index < -0.39 is 54.2 Å². The second kappa shape index (κ2) is 25.1. The number of nitrogens with zero attached hydrogens (tertiary/aromatic N) is 3. The van der Waals surface area contributed by atoms with Crippen LogP contribution in [0.3, 0.4) is 0 Å². The van der Waals surface area contributed by atoms with Gasteiger partial charge in [0.25, 0.3) is 0 Å². The molecule has 1 fully saturated rings. The normalized spacial score (nSPS) is 18.7. The number of nitrogens with one attached hydrogen (secondary N) is 4. The number of anilines is 1. The van der Waals surface area contributed by atoms with E-state index in [4.69, 9.17) is 15.2 Å². The molecule has 1 aliphatic heterocycles. The zero-order valence-corrected chi connectivity index (χ0v) is 39.4. The Bertz CT molecular complexity index is 1600. The maximum Gasteiger partial charge on any atom is 0.246 e. The maximum atomic E-state index is 14.3. The predicted molar refractivity (Wildman–Crippen MR) is 238 cm³/mol. The van der Waals surface area contributed by atoms with Crippen LogP contribution in [0, 0.1) is 23.7 Å². The van der Waals surface area contributed by atoms with E-state index in [-0.39, 0.29) is 59.8 Å². The summed E-state index contributed by atoms with van der Waals surface area (Å²) in [5.74, 6) is -2.37. The molecule has 0 bridgehead atoms. The van der Waals surface area contributed by atoms with Crippen LogP contribution >= 0.6 is 0 Å². The van der Waals surface area contributed by atoms with Gasteiger partial charge in [0.2, 0.25) is 35.4 Å². The molecule has 1 aromatic rings. The second-order valence-corrected chi connectivity index (χ2v) is 17.7. The highest BCUT2D eigenvalue weighted by Crippen LogP contribution is 2.30. The van der Waals surface area contributed by atoms with Gasteiger partial charge in [-0.2, -0.15) is 0 Å². The number of likely N-dealkylation sites (tertiary alicyclic amines) is 1. The lowest BCUT2D eigenvalue weighted by Crippen LogP contribution is -2.59. The molecule has 1 saturated heterocycles. The van der Waals surface area contributed by atoms with Crippen LogP contribution in [0.4, 0.5) is 5.69 Å². The van der Waals surface area contributed by atoms with Crippen LogP contribution in [0.2, 0.25) is 0 Å². The minimum absolute atomic E-state index is 0.0192. The lowest BCUT2D eigenvalue weighted by atomic mass is 9.89. The largest absolute Gasteiger partial charge is 0.379 e. The molecule has 0 spiro atoms. The van der Waals surface area contributed by atoms with E-state index in [2.05, 4.69) is 21.3 Å². The van der Waals surface area contributed by atoms with E-state index in [9.17, 15) is 28.8 Å². The van der Waals surface area contributed by atoms with Crippen LogP contribution in [0.25, 0.3) is 0 Å². The number of likely N-dealkylation sites (N-methyl/N-ethyl adjacent to an activating group) is 2. The van der Waals surface area contributed by atoms with Gasteiger partial charge >= 0.3 is 0 Å². The first-order valence-electron chi connectivity index (χ1n) is 21.9. The zero-order chi connectivity index (χ0) is 46.3. The number of hydrogen-bond donors (Lipinski definition) is 5. The monoisotopic (exact) mass is 859 g/mol. The molecule has 346 valence electrons. The molecule has 1 aliphatic rings. The topological polar surface area (TPSA) is 205 Å². The van der Waals surface area contributed by atoms with Crippen molar-refractivity contribution >= 4 is 41.1 Å². The summed E-state index contributed by atoms with van der Waals surface area (Å²) < 4.78 is 12.0. The van der Waals surface area contributed by atoms with E-state index in [1.807, 2.05) is 72.7 Å². The lowest BCUT2D eigenvalue weighted by Gasteiger charge is -2.41. The summed E-state index contributed by atoms with van der Waals surface area (Å²) in [4.78, 5) is 85.4. The summed E-state index contributed by atoms with van der Waals surface area (Å²) in [5.41, 5.74) is 7.04. The summed E-state index contributed by atoms with van der Waals surface area (Å²) in [7, 11) is 8.55. The van der Waals surface area contributed by atoms with Gasteiger partial charge in [-0.05, 0) is 82.7 Å². The van der Waals surface area contributed by atoms with Gasteiger partial charge in [0, 0.05) is 40.0 Å². The number of ether oxygens (including phenoxy) is 2. The fourth-order valence-electron chi connectivity index (χ4n) is 8.37. The van der Waals surface area contributed by atoms with Gasteiger partial charge in [-0.25, -0.2) is 0 Å². The van der Waals surface area contributed by atoms with Gasteiger partial charge in [0.1, 0.15) is 12.1 Å². The number of hydrogen-bond acceptors (Lipinski definition) is 10. The zero-order valence-electron chi connectivity index (χ0n) is 39.4. The third-order valence-corrected chi connectivity index (χ3v) is 12.0. The Morgan fingerprint density at radius 1 is 0.869 bits per heavy atom. The number of nitrogens with two attached hydrogens (primary N) is 1. The Labute approximate surface area is 365 Å². The Kier molecular flexibility index (Phi) is 21.8. The van der Waals surface area contributed by atoms with Gasteiger partial charge in [-0.1, -0.05) is 67.0 Å². The first-order valence-corrected chi connectivity index (χ1v) is 21.9. The first-order chi connectivity index (χ1) is 28.6. The first kappa shape index (κ1) is 53.0. The number of methoxy groups -OCH3 is 2. The molecule has 16 nitrogen and oxygen atoms in total. The number of benzene rings is 1. The molecule has 10 atom stereocenters. The molecule has 6 amide bonds. The van der Waals surface area contributed by atoms with Crippen LogP contribution < -0.4 is 27.0 Å². The molecular formula is C45H78N8O8. The molecule has 61 heavy (non-hydrogen) atoms. The molecule has 16 heteroatoms. The van der Waals surface area contributed by atoms with Gasteiger partial charge in [-0.3, -0.25) is 33.7 Å². The van der Waals surface area contributed by atoms with Crippen molar-refractivity contribution in [3.8, 4) is 0 Å². The third kappa shape index (κ3) is 15.0. The van der Waals surface area contributed by atoms with Crippen molar-refractivity contribution in [2.24, 2.45) is 29.4 Å². The summed E-state index contributed by atoms with van der Waals surface area (Å²) in [6, 6.07) is 3.77. The van der Waals surface area contributed by atoms with Crippen LogP contribution in [0.15, 0.2) is 24.3 Å². The Morgan fingerprint density at radius 2 is 1.52 bits per heavy atom. The third-order valence-electron chi connectivity index (χ3n) is 12.0. The van der Waals surface area contributed by atoms with Crippen molar-refractivity contribution in [2.75, 3.05) is 53.8 Å². The van der Waals surface area contributed by atoms with Gasteiger partial charge in [-0.15, -0.1) is 0 Å². The standard InChI is InChI=1S/C45H78N8O8/c1-15-28(6)39(52(12)45(59)37(26(2)3)50-44(58)38(27(4)5)51(10)11)35(60-13)25-36(54)53-23-17-20-34(53)40(61-14)29(7)41(55)47-22-21-32-18-16-19-33(24-32)49-43(57)31(9)48-42(56)30(8)46/h16,18-19,24,26-31,34-35,37-40H,15,17,20-23,25,46H2,1-14H3,(H,47,55)(H,48,56)(H,49,57)(H,50,58)/t28-,29+,30-,31-,34-,35+,37-,38-,39-,40+/m0/s1. The maximum absolute atomic E-state index is 14.3. The molecule has 0 unspecified atom stereocenters. The molecule has 6 N–H and O–H groups in total. The molecule has 1 aromatic carbocycles. The molecule has 0 saturated carbocycles. The van der Waals surface area contributed by atoms with Gasteiger partial charge in [0.15, 0.2) is 0 Å². The molecule has 1 heterocycles. The average molecular weight is 859 g/mol. The summed E-state index contributed by atoms with van der Waals surface area (Å²) in [5, 5.41) is 11.4. The molecule has 0 aliphatic carbocycles. The highest BCUT2D eigenvalue weighted by atomic mass is 16.5. The molecule has 0 radical (unpaired) electrons. The van der Waals surface area contributed by atoms with Crippen LogP contribution in [0.5, 0.6) is 0 Å². The predicted octanol–water partition coefficient (Wildman–Crippen LogP) is 2.78. The van der Waals surface area contributed by atoms with E-state index in [1.54, 1.807) is 64.0 Å². The molecule has 0 aromatic heterocycles. The Balaban J connectivity index is 2.14. The van der Waals surface area contributed by atoms with Crippen molar-refractivity contribution in [2.45, 2.75) is 143 Å². The summed E-state index contributed by atoms with van der Waals surface area (Å²) in [6.07, 6.45) is 1.45. The van der Waals surface area contributed by atoms with Gasteiger partial charge in [0.05, 0.1) is 48.7 Å². The average Bonchev–Trinajstić information content (AvgIpc) is 3.68. The lowest BCUT2D eigenvalue weighted by molar-refractivity contribution is -0.148. The number of rotatable bonds is 24. The van der Waals surface area contributed by atoms with E-state index in [0.717, 1.165) is 18.4 Å². The van der Waals surface area contributed by atoms with E-state index in [0.29, 0.717) is 31.6 Å².